The zero-order valence-electron chi connectivity index (χ0n) is 14.6. The van der Waals surface area contributed by atoms with Gasteiger partial charge < -0.3 is 10.1 Å². The molecular weight excluding hydrogens is 328 g/mol. The summed E-state index contributed by atoms with van der Waals surface area (Å²) in [6.07, 6.45) is 6.22. The van der Waals surface area contributed by atoms with Crippen LogP contribution in [0.15, 0.2) is 48.5 Å². The molecule has 0 amide bonds. The van der Waals surface area contributed by atoms with E-state index in [1.807, 2.05) is 18.2 Å². The fraction of sp³-hybridized carbons (Fsp3) is 0.381. The van der Waals surface area contributed by atoms with E-state index in [-0.39, 0.29) is 0 Å². The molecule has 4 heteroatoms. The molecule has 1 aromatic heterocycles. The number of nitrogens with zero attached hydrogens (tertiary/aromatic N) is 1. The predicted octanol–water partition coefficient (Wildman–Crippen LogP) is 5.55. The van der Waals surface area contributed by atoms with E-state index in [9.17, 15) is 0 Å². The van der Waals surface area contributed by atoms with Gasteiger partial charge in [0.25, 0.3) is 5.19 Å². The minimum atomic E-state index is 0.645. The topological polar surface area (TPSA) is 34.1 Å². The largest absolute Gasteiger partial charge is 0.431 e. The number of hydrogen-bond donors (Lipinski definition) is 1. The molecule has 1 aliphatic rings. The standard InChI is InChI=1S/C21H24N2OS/c1-2-16(22-17-11-12-17)10-7-15-8-13-18(14-9-15)24-21-23-19-5-3-4-6-20(19)25-21/h3-6,8-9,13-14,16-17,22H,2,7,10-12H2,1H3. The van der Waals surface area contributed by atoms with Crippen molar-refractivity contribution >= 4 is 21.6 Å². The molecule has 0 radical (unpaired) electrons. The second-order valence-electron chi connectivity index (χ2n) is 6.78. The van der Waals surface area contributed by atoms with Gasteiger partial charge in [-0.1, -0.05) is 42.5 Å². The van der Waals surface area contributed by atoms with Crippen LogP contribution in [0.5, 0.6) is 10.9 Å². The van der Waals surface area contributed by atoms with Gasteiger partial charge in [-0.3, -0.25) is 0 Å². The Balaban J connectivity index is 1.34. The monoisotopic (exact) mass is 352 g/mol. The predicted molar refractivity (Wildman–Crippen MR) is 105 cm³/mol. The van der Waals surface area contributed by atoms with Gasteiger partial charge in [0.1, 0.15) is 5.75 Å². The molecule has 1 aliphatic carbocycles. The number of ether oxygens (including phenoxy) is 1. The molecule has 25 heavy (non-hydrogen) atoms. The van der Waals surface area contributed by atoms with Crippen LogP contribution in [0.4, 0.5) is 0 Å². The Labute approximate surface area is 153 Å². The number of fused-ring (bicyclic) bond motifs is 1. The zero-order valence-corrected chi connectivity index (χ0v) is 15.4. The molecular formula is C21H24N2OS. The summed E-state index contributed by atoms with van der Waals surface area (Å²) in [5, 5.41) is 4.44. The van der Waals surface area contributed by atoms with Crippen molar-refractivity contribution in [2.24, 2.45) is 0 Å². The summed E-state index contributed by atoms with van der Waals surface area (Å²) in [5.41, 5.74) is 2.36. The molecule has 1 atom stereocenters. The van der Waals surface area contributed by atoms with Crippen molar-refractivity contribution < 1.29 is 4.74 Å². The second-order valence-corrected chi connectivity index (χ2v) is 7.77. The highest BCUT2D eigenvalue weighted by Crippen LogP contribution is 2.31. The zero-order chi connectivity index (χ0) is 17.1. The summed E-state index contributed by atoms with van der Waals surface area (Å²) in [5.74, 6) is 0.853. The number of nitrogens with one attached hydrogen (secondary N) is 1. The van der Waals surface area contributed by atoms with Crippen molar-refractivity contribution in [3.05, 3.63) is 54.1 Å². The number of aromatic nitrogens is 1. The van der Waals surface area contributed by atoms with E-state index in [1.165, 1.54) is 31.2 Å². The van der Waals surface area contributed by atoms with Gasteiger partial charge in [0.2, 0.25) is 0 Å². The number of para-hydroxylation sites is 1. The van der Waals surface area contributed by atoms with Crippen molar-refractivity contribution in [1.82, 2.24) is 10.3 Å². The van der Waals surface area contributed by atoms with E-state index >= 15 is 0 Å². The van der Waals surface area contributed by atoms with Crippen LogP contribution in [0.25, 0.3) is 10.2 Å². The Bertz CT molecular complexity index is 790. The summed E-state index contributed by atoms with van der Waals surface area (Å²) in [6, 6.07) is 18.0. The van der Waals surface area contributed by atoms with Crippen LogP contribution in [-0.2, 0) is 6.42 Å². The lowest BCUT2D eigenvalue weighted by Crippen LogP contribution is -2.30. The number of thiazole rings is 1. The smallest absolute Gasteiger partial charge is 0.279 e. The van der Waals surface area contributed by atoms with E-state index in [0.717, 1.165) is 28.4 Å². The van der Waals surface area contributed by atoms with Crippen LogP contribution in [0.1, 0.15) is 38.2 Å². The molecule has 3 nitrogen and oxygen atoms in total. The number of hydrogen-bond acceptors (Lipinski definition) is 4. The normalized spacial score (nSPS) is 15.4. The van der Waals surface area contributed by atoms with Gasteiger partial charge in [-0.05, 0) is 61.9 Å². The van der Waals surface area contributed by atoms with Crippen molar-refractivity contribution in [2.75, 3.05) is 0 Å². The van der Waals surface area contributed by atoms with Crippen LogP contribution >= 0.6 is 11.3 Å². The highest BCUT2D eigenvalue weighted by Gasteiger charge is 2.23. The van der Waals surface area contributed by atoms with E-state index < -0.39 is 0 Å². The summed E-state index contributed by atoms with van der Waals surface area (Å²) < 4.78 is 7.08. The molecule has 1 heterocycles. The van der Waals surface area contributed by atoms with Crippen LogP contribution in [-0.4, -0.2) is 17.1 Å². The van der Waals surface area contributed by atoms with Crippen LogP contribution in [0.2, 0.25) is 0 Å². The second kappa shape index (κ2) is 7.54. The molecule has 0 saturated heterocycles. The fourth-order valence-electron chi connectivity index (χ4n) is 3.05. The molecule has 1 unspecified atom stereocenters. The maximum Gasteiger partial charge on any atom is 0.279 e. The molecule has 130 valence electrons. The molecule has 0 bridgehead atoms. The Morgan fingerprint density at radius 3 is 2.68 bits per heavy atom. The first-order chi connectivity index (χ1) is 12.3. The summed E-state index contributed by atoms with van der Waals surface area (Å²) >= 11 is 1.58. The van der Waals surface area contributed by atoms with Crippen molar-refractivity contribution in [3.8, 4) is 10.9 Å². The van der Waals surface area contributed by atoms with Gasteiger partial charge in [0.15, 0.2) is 0 Å². The summed E-state index contributed by atoms with van der Waals surface area (Å²) in [7, 11) is 0. The molecule has 1 fully saturated rings. The van der Waals surface area contributed by atoms with Crippen LogP contribution < -0.4 is 10.1 Å². The molecule has 2 aromatic carbocycles. The Hall–Kier alpha value is -1.91. The Morgan fingerprint density at radius 2 is 1.96 bits per heavy atom. The SMILES string of the molecule is CCC(CCc1ccc(Oc2nc3ccccc3s2)cc1)NC1CC1. The van der Waals surface area contributed by atoms with Gasteiger partial charge in [-0.15, -0.1) is 0 Å². The summed E-state index contributed by atoms with van der Waals surface area (Å²) in [4.78, 5) is 4.52. The number of aryl methyl sites for hydroxylation is 1. The first-order valence-corrected chi connectivity index (χ1v) is 10.00. The number of benzene rings is 2. The molecule has 0 spiro atoms. The highest BCUT2D eigenvalue weighted by atomic mass is 32.1. The van der Waals surface area contributed by atoms with E-state index in [0.29, 0.717) is 11.2 Å². The third-order valence-electron chi connectivity index (χ3n) is 4.73. The lowest BCUT2D eigenvalue weighted by atomic mass is 10.0. The molecule has 4 rings (SSSR count). The fourth-order valence-corrected chi connectivity index (χ4v) is 3.88. The quantitative estimate of drug-likeness (QED) is 0.577. The van der Waals surface area contributed by atoms with Gasteiger partial charge in [0.05, 0.1) is 10.2 Å². The molecule has 1 N–H and O–H groups in total. The molecule has 0 aliphatic heterocycles. The maximum atomic E-state index is 5.92. The third kappa shape index (κ3) is 4.39. The van der Waals surface area contributed by atoms with E-state index in [2.05, 4.69) is 47.6 Å². The van der Waals surface area contributed by atoms with Crippen molar-refractivity contribution in [3.63, 3.8) is 0 Å². The molecule has 1 saturated carbocycles. The van der Waals surface area contributed by atoms with Crippen molar-refractivity contribution in [2.45, 2.75) is 51.1 Å². The third-order valence-corrected chi connectivity index (χ3v) is 5.64. The number of rotatable bonds is 8. The van der Waals surface area contributed by atoms with Crippen LogP contribution in [0, 0.1) is 0 Å². The lowest BCUT2D eigenvalue weighted by molar-refractivity contribution is 0.464. The van der Waals surface area contributed by atoms with E-state index in [1.54, 1.807) is 11.3 Å². The van der Waals surface area contributed by atoms with Gasteiger partial charge in [0, 0.05) is 12.1 Å². The average Bonchev–Trinajstić information content (AvgIpc) is 3.36. The minimum Gasteiger partial charge on any atom is -0.431 e. The van der Waals surface area contributed by atoms with E-state index in [4.69, 9.17) is 4.74 Å². The van der Waals surface area contributed by atoms with Gasteiger partial charge >= 0.3 is 0 Å². The van der Waals surface area contributed by atoms with Crippen LogP contribution in [0.3, 0.4) is 0 Å². The van der Waals surface area contributed by atoms with Gasteiger partial charge in [-0.2, -0.15) is 0 Å². The maximum absolute atomic E-state index is 5.92. The molecule has 3 aromatic rings. The van der Waals surface area contributed by atoms with Crippen molar-refractivity contribution in [1.29, 1.82) is 0 Å². The minimum absolute atomic E-state index is 0.645. The average molecular weight is 353 g/mol. The lowest BCUT2D eigenvalue weighted by Gasteiger charge is -2.16. The Morgan fingerprint density at radius 1 is 1.16 bits per heavy atom. The first kappa shape index (κ1) is 16.6. The highest BCUT2D eigenvalue weighted by molar-refractivity contribution is 7.20. The summed E-state index contributed by atoms with van der Waals surface area (Å²) in [6.45, 7) is 2.27. The van der Waals surface area contributed by atoms with Gasteiger partial charge in [-0.25, -0.2) is 4.98 Å². The first-order valence-electron chi connectivity index (χ1n) is 9.18. The Kier molecular flexibility index (Phi) is 4.99.